The first-order chi connectivity index (χ1) is 14.7. The molecule has 3 heterocycles. The van der Waals surface area contributed by atoms with Gasteiger partial charge in [-0.1, -0.05) is 24.3 Å². The van der Waals surface area contributed by atoms with E-state index < -0.39 is 0 Å². The van der Waals surface area contributed by atoms with Crippen LogP contribution in [0.4, 0.5) is 5.00 Å². The number of aliphatic imine (C=N–C) groups is 1. The van der Waals surface area contributed by atoms with Crippen molar-refractivity contribution in [3.8, 4) is 0 Å². The molecule has 4 rings (SSSR count). The van der Waals surface area contributed by atoms with E-state index >= 15 is 0 Å². The number of rotatable bonds is 6. The fourth-order valence-corrected chi connectivity index (χ4v) is 4.90. The molecule has 0 spiro atoms. The van der Waals surface area contributed by atoms with Crippen molar-refractivity contribution >= 4 is 52.2 Å². The summed E-state index contributed by atoms with van der Waals surface area (Å²) >= 11 is 1.81. The molecule has 0 aliphatic carbocycles. The molecule has 1 aromatic carbocycles. The summed E-state index contributed by atoms with van der Waals surface area (Å²) in [4.78, 5) is 23.8. The summed E-state index contributed by atoms with van der Waals surface area (Å²) in [7, 11) is 0. The maximum atomic E-state index is 12.0. The summed E-state index contributed by atoms with van der Waals surface area (Å²) in [5.41, 5.74) is 2.40. The van der Waals surface area contributed by atoms with E-state index in [-0.39, 0.29) is 29.9 Å². The van der Waals surface area contributed by atoms with Crippen LogP contribution in [0.2, 0.25) is 0 Å². The molecule has 0 saturated carbocycles. The van der Waals surface area contributed by atoms with Crippen LogP contribution in [0.25, 0.3) is 0 Å². The van der Waals surface area contributed by atoms with Crippen LogP contribution in [-0.4, -0.2) is 60.9 Å². The van der Waals surface area contributed by atoms with E-state index in [9.17, 15) is 4.79 Å². The van der Waals surface area contributed by atoms with Crippen LogP contribution in [0, 0.1) is 0 Å². The van der Waals surface area contributed by atoms with E-state index in [2.05, 4.69) is 63.8 Å². The van der Waals surface area contributed by atoms with Gasteiger partial charge >= 0.3 is 0 Å². The lowest BCUT2D eigenvalue weighted by atomic mass is 10.1. The van der Waals surface area contributed by atoms with Gasteiger partial charge in [-0.25, -0.2) is 4.99 Å². The van der Waals surface area contributed by atoms with Crippen molar-refractivity contribution in [2.75, 3.05) is 44.2 Å². The predicted molar refractivity (Wildman–Crippen MR) is 139 cm³/mol. The van der Waals surface area contributed by atoms with Crippen molar-refractivity contribution < 1.29 is 4.79 Å². The van der Waals surface area contributed by atoms with Crippen LogP contribution in [0.3, 0.4) is 0 Å². The second-order valence-corrected chi connectivity index (χ2v) is 8.71. The van der Waals surface area contributed by atoms with Crippen molar-refractivity contribution in [3.05, 3.63) is 52.9 Å². The van der Waals surface area contributed by atoms with Gasteiger partial charge in [0.25, 0.3) is 0 Å². The number of nitrogens with one attached hydrogen (secondary N) is 1. The van der Waals surface area contributed by atoms with Gasteiger partial charge in [0, 0.05) is 52.2 Å². The summed E-state index contributed by atoms with van der Waals surface area (Å²) in [6.45, 7) is 9.12. The molecule has 1 N–H and O–H groups in total. The third-order valence-corrected chi connectivity index (χ3v) is 6.71. The zero-order valence-electron chi connectivity index (χ0n) is 18.1. The van der Waals surface area contributed by atoms with Gasteiger partial charge in [-0.15, -0.1) is 35.3 Å². The van der Waals surface area contributed by atoms with Crippen molar-refractivity contribution in [1.29, 1.82) is 0 Å². The van der Waals surface area contributed by atoms with E-state index in [1.165, 1.54) is 16.1 Å². The fraction of sp³-hybridized carbons (Fsp3) is 0.478. The number of thiophene rings is 1. The van der Waals surface area contributed by atoms with Gasteiger partial charge in [-0.05, 0) is 42.0 Å². The van der Waals surface area contributed by atoms with Gasteiger partial charge in [0.15, 0.2) is 5.96 Å². The SMILES string of the molecule is CCNC(=NCc1ccccc1CN1CCCC1=O)N1CCN(c2cccs2)CC1.I. The Bertz CT molecular complexity index is 865. The zero-order chi connectivity index (χ0) is 20.8. The van der Waals surface area contributed by atoms with E-state index in [1.54, 1.807) is 11.3 Å². The Morgan fingerprint density at radius 2 is 1.84 bits per heavy atom. The number of hydrogen-bond acceptors (Lipinski definition) is 4. The number of hydrogen-bond donors (Lipinski definition) is 1. The van der Waals surface area contributed by atoms with E-state index in [1.807, 2.05) is 4.90 Å². The number of guanidine groups is 1. The molecule has 1 aromatic heterocycles. The third-order valence-electron chi connectivity index (χ3n) is 5.78. The predicted octanol–water partition coefficient (Wildman–Crippen LogP) is 3.78. The topological polar surface area (TPSA) is 51.2 Å². The van der Waals surface area contributed by atoms with Gasteiger partial charge in [0.2, 0.25) is 5.91 Å². The smallest absolute Gasteiger partial charge is 0.222 e. The molecule has 2 saturated heterocycles. The standard InChI is InChI=1S/C23H31N5OS.HI/c1-2-24-23(27-14-12-26(13-15-27)22-10-6-16-30-22)25-17-19-7-3-4-8-20(19)18-28-11-5-9-21(28)29;/h3-4,6-8,10,16H,2,5,9,11-15,17-18H2,1H3,(H,24,25);1H. The molecule has 2 aromatic rings. The molecular formula is C23H32IN5OS. The Balaban J connectivity index is 0.00000272. The second-order valence-electron chi connectivity index (χ2n) is 7.78. The average Bonchev–Trinajstić information content (AvgIpc) is 3.45. The number of carbonyl (C=O) groups excluding carboxylic acids is 1. The van der Waals surface area contributed by atoms with Crippen molar-refractivity contribution in [2.45, 2.75) is 32.9 Å². The number of anilines is 1. The second kappa shape index (κ2) is 11.7. The molecule has 6 nitrogen and oxygen atoms in total. The first kappa shape index (κ1) is 23.8. The van der Waals surface area contributed by atoms with Crippen LogP contribution < -0.4 is 10.2 Å². The van der Waals surface area contributed by atoms with Crippen molar-refractivity contribution in [2.24, 2.45) is 4.99 Å². The van der Waals surface area contributed by atoms with Crippen LogP contribution in [0.1, 0.15) is 30.9 Å². The quantitative estimate of drug-likeness (QED) is 0.336. The molecule has 168 valence electrons. The summed E-state index contributed by atoms with van der Waals surface area (Å²) in [5.74, 6) is 1.25. The molecule has 0 atom stereocenters. The van der Waals surface area contributed by atoms with Gasteiger partial charge < -0.3 is 20.0 Å². The Kier molecular flexibility index (Phi) is 9.01. The van der Waals surface area contributed by atoms with E-state index in [4.69, 9.17) is 4.99 Å². The molecular weight excluding hydrogens is 521 g/mol. The molecule has 2 aliphatic rings. The Labute approximate surface area is 206 Å². The zero-order valence-corrected chi connectivity index (χ0v) is 21.3. The Morgan fingerprint density at radius 1 is 1.06 bits per heavy atom. The first-order valence-corrected chi connectivity index (χ1v) is 11.8. The summed E-state index contributed by atoms with van der Waals surface area (Å²) in [5, 5.41) is 6.96. The van der Waals surface area contributed by atoms with Crippen molar-refractivity contribution in [3.63, 3.8) is 0 Å². The van der Waals surface area contributed by atoms with Gasteiger partial charge in [-0.3, -0.25) is 4.79 Å². The van der Waals surface area contributed by atoms with Gasteiger partial charge in [-0.2, -0.15) is 0 Å². The molecule has 8 heteroatoms. The normalized spacial score (nSPS) is 17.1. The minimum Gasteiger partial charge on any atom is -0.360 e. The Morgan fingerprint density at radius 3 is 2.48 bits per heavy atom. The number of piperazine rings is 1. The number of amides is 1. The lowest BCUT2D eigenvalue weighted by molar-refractivity contribution is -0.128. The minimum atomic E-state index is 0. The number of carbonyl (C=O) groups is 1. The highest BCUT2D eigenvalue weighted by atomic mass is 127. The molecule has 2 fully saturated rings. The summed E-state index contributed by atoms with van der Waals surface area (Å²) in [6.07, 6.45) is 1.66. The highest BCUT2D eigenvalue weighted by Gasteiger charge is 2.22. The van der Waals surface area contributed by atoms with Crippen molar-refractivity contribution in [1.82, 2.24) is 15.1 Å². The third kappa shape index (κ3) is 6.12. The molecule has 2 aliphatic heterocycles. The molecule has 0 radical (unpaired) electrons. The van der Waals surface area contributed by atoms with Crippen LogP contribution in [-0.2, 0) is 17.9 Å². The number of nitrogens with zero attached hydrogens (tertiary/aromatic N) is 4. The number of benzene rings is 1. The molecule has 31 heavy (non-hydrogen) atoms. The van der Waals surface area contributed by atoms with Crippen LogP contribution in [0.5, 0.6) is 0 Å². The summed E-state index contributed by atoms with van der Waals surface area (Å²) in [6, 6.07) is 12.7. The maximum Gasteiger partial charge on any atom is 0.222 e. The lowest BCUT2D eigenvalue weighted by Gasteiger charge is -2.37. The Hall–Kier alpha value is -1.81. The van der Waals surface area contributed by atoms with E-state index in [0.717, 1.165) is 51.6 Å². The monoisotopic (exact) mass is 553 g/mol. The maximum absolute atomic E-state index is 12.0. The molecule has 1 amide bonds. The minimum absolute atomic E-state index is 0. The summed E-state index contributed by atoms with van der Waals surface area (Å²) < 4.78 is 0. The van der Waals surface area contributed by atoms with Crippen LogP contribution in [0.15, 0.2) is 46.8 Å². The van der Waals surface area contributed by atoms with Gasteiger partial charge in [0.05, 0.1) is 11.5 Å². The lowest BCUT2D eigenvalue weighted by Crippen LogP contribution is -2.52. The average molecular weight is 554 g/mol. The fourth-order valence-electron chi connectivity index (χ4n) is 4.12. The van der Waals surface area contributed by atoms with E-state index in [0.29, 0.717) is 19.5 Å². The van der Waals surface area contributed by atoms with Gasteiger partial charge in [0.1, 0.15) is 0 Å². The number of likely N-dealkylation sites (tertiary alicyclic amines) is 1. The highest BCUT2D eigenvalue weighted by Crippen LogP contribution is 2.22. The molecule has 0 bridgehead atoms. The molecule has 0 unspecified atom stereocenters. The highest BCUT2D eigenvalue weighted by molar-refractivity contribution is 14.0. The first-order valence-electron chi connectivity index (χ1n) is 10.9. The number of halogens is 1. The van der Waals surface area contributed by atoms with Crippen LogP contribution >= 0.6 is 35.3 Å². The largest absolute Gasteiger partial charge is 0.360 e.